The first-order valence-corrected chi connectivity index (χ1v) is 12.0. The summed E-state index contributed by atoms with van der Waals surface area (Å²) in [4.78, 5) is 27.6. The van der Waals surface area contributed by atoms with Crippen molar-refractivity contribution in [2.24, 2.45) is 0 Å². The van der Waals surface area contributed by atoms with Crippen molar-refractivity contribution >= 4 is 5.91 Å². The summed E-state index contributed by atoms with van der Waals surface area (Å²) in [5, 5.41) is 17.3. The molecule has 0 bridgehead atoms. The van der Waals surface area contributed by atoms with Crippen molar-refractivity contribution in [2.75, 3.05) is 27.2 Å². The molecule has 36 heavy (non-hydrogen) atoms. The van der Waals surface area contributed by atoms with Crippen molar-refractivity contribution in [1.82, 2.24) is 35.4 Å². The summed E-state index contributed by atoms with van der Waals surface area (Å²) in [7, 11) is 3.90. The molecule has 4 rings (SSSR count). The summed E-state index contributed by atoms with van der Waals surface area (Å²) in [5.74, 6) is 0.319. The summed E-state index contributed by atoms with van der Waals surface area (Å²) in [6.45, 7) is 3.76. The summed E-state index contributed by atoms with van der Waals surface area (Å²) >= 11 is 0. The Morgan fingerprint density at radius 3 is 2.47 bits per heavy atom. The standard InChI is InChI=1S/C27H31N7O2/c1-4-7-22-16-21(27(36)28-14-15-33(2)3)17-25(35)34(22)18-19-10-12-20(13-11-19)23-8-5-6-9-24(23)26-29-31-32-30-26/h5-6,8-13,16-17H,4,7,14-15,18H2,1-3H3,(H,28,36)(H,29,30,31,32). The molecule has 1 amide bonds. The number of H-pyrrole nitrogens is 1. The maximum Gasteiger partial charge on any atom is 0.251 e. The number of aryl methyl sites for hydroxylation is 1. The van der Waals surface area contributed by atoms with E-state index in [2.05, 4.69) is 32.9 Å². The molecule has 0 aliphatic carbocycles. The highest BCUT2D eigenvalue weighted by Crippen LogP contribution is 2.29. The Morgan fingerprint density at radius 2 is 1.81 bits per heavy atom. The van der Waals surface area contributed by atoms with Gasteiger partial charge < -0.3 is 14.8 Å². The molecule has 2 heterocycles. The molecule has 0 aliphatic heterocycles. The highest BCUT2D eigenvalue weighted by Gasteiger charge is 2.14. The van der Waals surface area contributed by atoms with Crippen LogP contribution < -0.4 is 10.9 Å². The first kappa shape index (κ1) is 25.0. The molecule has 2 aromatic heterocycles. The molecule has 9 nitrogen and oxygen atoms in total. The average Bonchev–Trinajstić information content (AvgIpc) is 3.41. The molecule has 0 spiro atoms. The van der Waals surface area contributed by atoms with Crippen LogP contribution in [0.2, 0.25) is 0 Å². The molecule has 0 saturated carbocycles. The van der Waals surface area contributed by atoms with Crippen molar-refractivity contribution in [3.05, 3.63) is 87.8 Å². The number of tetrazole rings is 1. The van der Waals surface area contributed by atoms with Crippen LogP contribution in [0.1, 0.15) is 35.0 Å². The van der Waals surface area contributed by atoms with Crippen LogP contribution in [-0.2, 0) is 13.0 Å². The van der Waals surface area contributed by atoms with Crippen molar-refractivity contribution < 1.29 is 4.79 Å². The number of rotatable bonds is 10. The fourth-order valence-corrected chi connectivity index (χ4v) is 4.10. The van der Waals surface area contributed by atoms with E-state index in [0.29, 0.717) is 30.9 Å². The van der Waals surface area contributed by atoms with E-state index >= 15 is 0 Å². The number of aromatic amines is 1. The molecule has 186 valence electrons. The van der Waals surface area contributed by atoms with Crippen LogP contribution in [0, 0.1) is 0 Å². The molecule has 0 radical (unpaired) electrons. The van der Waals surface area contributed by atoms with Gasteiger partial charge in [-0.1, -0.05) is 61.9 Å². The molecule has 2 N–H and O–H groups in total. The van der Waals surface area contributed by atoms with Crippen molar-refractivity contribution in [3.8, 4) is 22.5 Å². The normalized spacial score (nSPS) is 11.1. The molecule has 0 fully saturated rings. The Bertz CT molecular complexity index is 1360. The second-order valence-corrected chi connectivity index (χ2v) is 8.95. The van der Waals surface area contributed by atoms with E-state index in [1.807, 2.05) is 73.6 Å². The van der Waals surface area contributed by atoms with E-state index in [4.69, 9.17) is 0 Å². The van der Waals surface area contributed by atoms with Gasteiger partial charge in [-0.05, 0) is 48.5 Å². The van der Waals surface area contributed by atoms with Crippen molar-refractivity contribution in [2.45, 2.75) is 26.3 Å². The molecular formula is C27H31N7O2. The van der Waals surface area contributed by atoms with Gasteiger partial charge in [-0.2, -0.15) is 5.21 Å². The van der Waals surface area contributed by atoms with E-state index in [1.54, 1.807) is 4.57 Å². The molecule has 4 aromatic rings. The number of nitrogens with one attached hydrogen (secondary N) is 2. The Morgan fingerprint density at radius 1 is 1.06 bits per heavy atom. The van der Waals surface area contributed by atoms with Crippen LogP contribution in [0.3, 0.4) is 0 Å². The maximum atomic E-state index is 13.0. The summed E-state index contributed by atoms with van der Waals surface area (Å²) < 4.78 is 1.75. The monoisotopic (exact) mass is 485 g/mol. The lowest BCUT2D eigenvalue weighted by Gasteiger charge is -2.15. The lowest BCUT2D eigenvalue weighted by atomic mass is 9.98. The molecule has 0 aliphatic rings. The predicted octanol–water partition coefficient (Wildman–Crippen LogP) is 2.99. The number of likely N-dealkylation sites (N-methyl/N-ethyl adjacent to an activating group) is 1. The van der Waals surface area contributed by atoms with Crippen LogP contribution in [0.5, 0.6) is 0 Å². The van der Waals surface area contributed by atoms with Gasteiger partial charge in [0.25, 0.3) is 11.5 Å². The number of carbonyl (C=O) groups excluding carboxylic acids is 1. The zero-order chi connectivity index (χ0) is 25.5. The van der Waals surface area contributed by atoms with E-state index in [0.717, 1.165) is 40.9 Å². The van der Waals surface area contributed by atoms with Crippen LogP contribution >= 0.6 is 0 Å². The van der Waals surface area contributed by atoms with Crippen LogP contribution in [0.15, 0.2) is 65.5 Å². The van der Waals surface area contributed by atoms with Gasteiger partial charge in [0.2, 0.25) is 5.82 Å². The molecule has 0 saturated heterocycles. The number of benzene rings is 2. The first-order valence-electron chi connectivity index (χ1n) is 12.0. The Labute approximate surface area is 210 Å². The van der Waals surface area contributed by atoms with E-state index < -0.39 is 0 Å². The minimum atomic E-state index is -0.219. The van der Waals surface area contributed by atoms with E-state index in [9.17, 15) is 9.59 Å². The fourth-order valence-electron chi connectivity index (χ4n) is 4.10. The number of amides is 1. The van der Waals surface area contributed by atoms with Crippen molar-refractivity contribution in [3.63, 3.8) is 0 Å². The second kappa shape index (κ2) is 11.5. The molecular weight excluding hydrogens is 454 g/mol. The highest BCUT2D eigenvalue weighted by atomic mass is 16.2. The Balaban J connectivity index is 1.56. The number of nitrogens with zero attached hydrogens (tertiary/aromatic N) is 5. The van der Waals surface area contributed by atoms with Gasteiger partial charge in [-0.25, -0.2) is 0 Å². The van der Waals surface area contributed by atoms with Crippen molar-refractivity contribution in [1.29, 1.82) is 0 Å². The molecule has 0 unspecified atom stereocenters. The fraction of sp³-hybridized carbons (Fsp3) is 0.296. The summed E-state index contributed by atoms with van der Waals surface area (Å²) in [6, 6.07) is 19.3. The zero-order valence-electron chi connectivity index (χ0n) is 20.9. The topological polar surface area (TPSA) is 109 Å². The predicted molar refractivity (Wildman–Crippen MR) is 140 cm³/mol. The van der Waals surface area contributed by atoms with Gasteiger partial charge in [0.05, 0.1) is 6.54 Å². The van der Waals surface area contributed by atoms with Gasteiger partial charge >= 0.3 is 0 Å². The largest absolute Gasteiger partial charge is 0.351 e. The highest BCUT2D eigenvalue weighted by molar-refractivity contribution is 5.94. The van der Waals surface area contributed by atoms with Crippen LogP contribution in [0.4, 0.5) is 0 Å². The van der Waals surface area contributed by atoms with Crippen LogP contribution in [-0.4, -0.2) is 63.2 Å². The van der Waals surface area contributed by atoms with E-state index in [1.165, 1.54) is 6.07 Å². The lowest BCUT2D eigenvalue weighted by molar-refractivity contribution is 0.0950. The molecule has 0 atom stereocenters. The Kier molecular flexibility index (Phi) is 8.02. The van der Waals surface area contributed by atoms with Gasteiger partial charge in [-0.15, -0.1) is 10.2 Å². The summed E-state index contributed by atoms with van der Waals surface area (Å²) in [6.07, 6.45) is 1.58. The smallest absolute Gasteiger partial charge is 0.251 e. The second-order valence-electron chi connectivity index (χ2n) is 8.95. The van der Waals surface area contributed by atoms with Gasteiger partial charge in [-0.3, -0.25) is 9.59 Å². The number of pyridine rings is 1. The SMILES string of the molecule is CCCc1cc(C(=O)NCCN(C)C)cc(=O)n1Cc1ccc(-c2ccccc2-c2nn[nH]n2)cc1. The minimum Gasteiger partial charge on any atom is -0.351 e. The number of aromatic nitrogens is 5. The molecule has 2 aromatic carbocycles. The number of hydrogen-bond acceptors (Lipinski definition) is 6. The maximum absolute atomic E-state index is 13.0. The number of carbonyl (C=O) groups is 1. The Hall–Kier alpha value is -4.11. The average molecular weight is 486 g/mol. The van der Waals surface area contributed by atoms with E-state index in [-0.39, 0.29) is 11.5 Å². The third kappa shape index (κ3) is 5.92. The number of hydrogen-bond donors (Lipinski definition) is 2. The third-order valence-corrected chi connectivity index (χ3v) is 5.95. The van der Waals surface area contributed by atoms with Gasteiger partial charge in [0, 0.05) is 36.0 Å². The minimum absolute atomic E-state index is 0.176. The van der Waals surface area contributed by atoms with Crippen LogP contribution in [0.25, 0.3) is 22.5 Å². The summed E-state index contributed by atoms with van der Waals surface area (Å²) in [5.41, 5.74) is 4.99. The zero-order valence-corrected chi connectivity index (χ0v) is 20.9. The third-order valence-electron chi connectivity index (χ3n) is 5.95. The van der Waals surface area contributed by atoms with Gasteiger partial charge in [0.1, 0.15) is 0 Å². The first-order chi connectivity index (χ1) is 17.5. The quantitative estimate of drug-likeness (QED) is 0.358. The molecule has 9 heteroatoms. The van der Waals surface area contributed by atoms with Gasteiger partial charge in [0.15, 0.2) is 0 Å². The lowest BCUT2D eigenvalue weighted by Crippen LogP contribution is -2.33.